The normalized spacial score (nSPS) is 14.7. The van der Waals surface area contributed by atoms with Gasteiger partial charge < -0.3 is 10.1 Å². The molecule has 2 aromatic carbocycles. The minimum Gasteiger partial charge on any atom is -0.442 e. The molecular weight excluding hydrogens is 433 g/mol. The molecule has 1 N–H and O–H groups in total. The molecule has 176 valence electrons. The number of nitrogens with zero attached hydrogens (tertiary/aromatic N) is 2. The lowest BCUT2D eigenvalue weighted by atomic mass is 10.0. The number of carbonyl (C=O) groups excluding carboxylic acids is 2. The fraction of sp³-hybridized carbons (Fsp3) is 0.333. The first-order valence-electron chi connectivity index (χ1n) is 11.0. The van der Waals surface area contributed by atoms with Crippen molar-refractivity contribution in [1.29, 1.82) is 0 Å². The van der Waals surface area contributed by atoms with Crippen LogP contribution in [0.2, 0.25) is 0 Å². The van der Waals surface area contributed by atoms with Crippen LogP contribution in [0.3, 0.4) is 0 Å². The summed E-state index contributed by atoms with van der Waals surface area (Å²) in [5.74, 6) is 11.3. The monoisotopic (exact) mass is 461 g/mol. The van der Waals surface area contributed by atoms with Gasteiger partial charge in [-0.05, 0) is 43.2 Å². The van der Waals surface area contributed by atoms with Crippen molar-refractivity contribution in [2.45, 2.75) is 33.4 Å². The van der Waals surface area contributed by atoms with Crippen LogP contribution in [0.1, 0.15) is 26.3 Å². The van der Waals surface area contributed by atoms with Crippen LogP contribution >= 0.6 is 0 Å². The maximum absolute atomic E-state index is 15.0. The second-order valence-corrected chi connectivity index (χ2v) is 7.91. The first kappa shape index (κ1) is 24.8. The minimum absolute atomic E-state index is 0.201. The van der Waals surface area contributed by atoms with Crippen LogP contribution in [-0.2, 0) is 16.1 Å². The van der Waals surface area contributed by atoms with Gasteiger partial charge in [-0.15, -0.1) is 11.8 Å². The van der Waals surface area contributed by atoms with Gasteiger partial charge in [0.2, 0.25) is 5.91 Å². The molecule has 1 fully saturated rings. The van der Waals surface area contributed by atoms with Crippen molar-refractivity contribution in [3.05, 3.63) is 53.8 Å². The van der Waals surface area contributed by atoms with E-state index in [0.717, 1.165) is 11.1 Å². The molecule has 3 rings (SSSR count). The van der Waals surface area contributed by atoms with Gasteiger partial charge in [0, 0.05) is 19.0 Å². The Labute approximate surface area is 200 Å². The van der Waals surface area contributed by atoms with Crippen LogP contribution < -0.4 is 10.2 Å². The number of anilines is 1. The van der Waals surface area contributed by atoms with Crippen molar-refractivity contribution in [2.75, 3.05) is 31.1 Å². The first-order chi connectivity index (χ1) is 16.4. The average molecular weight is 462 g/mol. The summed E-state index contributed by atoms with van der Waals surface area (Å²) < 4.78 is 20.2. The third kappa shape index (κ3) is 6.60. The van der Waals surface area contributed by atoms with E-state index in [-0.39, 0.29) is 19.0 Å². The zero-order chi connectivity index (χ0) is 24.5. The zero-order valence-electron chi connectivity index (χ0n) is 19.7. The molecule has 0 unspecified atom stereocenters. The summed E-state index contributed by atoms with van der Waals surface area (Å²) in [7, 11) is 0. The van der Waals surface area contributed by atoms with E-state index in [1.165, 1.54) is 17.9 Å². The Morgan fingerprint density at radius 1 is 1.15 bits per heavy atom. The molecule has 1 atom stereocenters. The van der Waals surface area contributed by atoms with Crippen molar-refractivity contribution in [1.82, 2.24) is 10.2 Å². The van der Waals surface area contributed by atoms with E-state index in [1.54, 1.807) is 12.1 Å². The molecule has 34 heavy (non-hydrogen) atoms. The molecule has 1 saturated heterocycles. The molecule has 1 aliphatic rings. The topological polar surface area (TPSA) is 61.9 Å². The van der Waals surface area contributed by atoms with Gasteiger partial charge in [-0.3, -0.25) is 14.6 Å². The third-order valence-electron chi connectivity index (χ3n) is 5.35. The summed E-state index contributed by atoms with van der Waals surface area (Å²) in [6, 6.07) is 12.4. The third-order valence-corrected chi connectivity index (χ3v) is 5.35. The standard InChI is InChI=1S/C27H28FN3O3/c1-4-6-14-30(15-7-5-2)18-21-8-10-22(11-9-21)25-13-12-23(16-26(25)28)31-19-24(34-27(31)33)17-29-20(3)32/h8-13,16,24H,14-15,17-19H2,1-3H3,(H,29,32)/t24-/m0/s1. The minimum atomic E-state index is -0.558. The summed E-state index contributed by atoms with van der Waals surface area (Å²) in [5.41, 5.74) is 2.69. The van der Waals surface area contributed by atoms with Crippen LogP contribution in [0, 0.1) is 29.5 Å². The van der Waals surface area contributed by atoms with E-state index in [1.807, 2.05) is 38.1 Å². The van der Waals surface area contributed by atoms with Gasteiger partial charge in [-0.2, -0.15) is 0 Å². The van der Waals surface area contributed by atoms with Gasteiger partial charge in [-0.1, -0.05) is 36.1 Å². The molecule has 7 heteroatoms. The Morgan fingerprint density at radius 2 is 1.82 bits per heavy atom. The molecule has 0 saturated carbocycles. The predicted octanol–water partition coefficient (Wildman–Crippen LogP) is 3.80. The van der Waals surface area contributed by atoms with Crippen molar-refractivity contribution in [2.24, 2.45) is 0 Å². The maximum Gasteiger partial charge on any atom is 0.414 e. The lowest BCUT2D eigenvalue weighted by Gasteiger charge is -2.17. The van der Waals surface area contributed by atoms with Crippen molar-refractivity contribution >= 4 is 17.7 Å². The Kier molecular flexibility index (Phi) is 8.67. The quantitative estimate of drug-likeness (QED) is 0.608. The van der Waals surface area contributed by atoms with Crippen molar-refractivity contribution in [3.63, 3.8) is 0 Å². The van der Waals surface area contributed by atoms with Crippen molar-refractivity contribution in [3.8, 4) is 34.8 Å². The molecule has 0 radical (unpaired) electrons. The number of ether oxygens (including phenoxy) is 1. The molecule has 1 aliphatic heterocycles. The van der Waals surface area contributed by atoms with Gasteiger partial charge in [0.05, 0.1) is 31.9 Å². The number of amides is 2. The van der Waals surface area contributed by atoms with E-state index in [0.29, 0.717) is 30.9 Å². The fourth-order valence-electron chi connectivity index (χ4n) is 3.60. The Morgan fingerprint density at radius 3 is 2.41 bits per heavy atom. The summed E-state index contributed by atoms with van der Waals surface area (Å²) in [6.45, 7) is 7.45. The first-order valence-corrected chi connectivity index (χ1v) is 11.0. The number of cyclic esters (lactones) is 1. The van der Waals surface area contributed by atoms with Crippen LogP contribution in [0.25, 0.3) is 11.1 Å². The molecular formula is C27H28FN3O3. The lowest BCUT2D eigenvalue weighted by Crippen LogP contribution is -2.33. The smallest absolute Gasteiger partial charge is 0.414 e. The zero-order valence-corrected chi connectivity index (χ0v) is 19.7. The molecule has 0 bridgehead atoms. The largest absolute Gasteiger partial charge is 0.442 e. The number of hydrogen-bond donors (Lipinski definition) is 1. The Bertz CT molecular complexity index is 1130. The number of halogens is 1. The molecule has 2 amide bonds. The van der Waals surface area contributed by atoms with Crippen LogP contribution in [0.5, 0.6) is 0 Å². The van der Waals surface area contributed by atoms with Gasteiger partial charge in [-0.25, -0.2) is 9.18 Å². The SMILES string of the molecule is CC#CCN(CC#CC)Cc1ccc(-c2ccc(N3C[C@H](CNC(C)=O)OC3=O)cc2F)cc1. The Hall–Kier alpha value is -3.81. The summed E-state index contributed by atoms with van der Waals surface area (Å²) in [4.78, 5) is 26.8. The maximum atomic E-state index is 15.0. The lowest BCUT2D eigenvalue weighted by molar-refractivity contribution is -0.119. The molecule has 0 aliphatic carbocycles. The van der Waals surface area contributed by atoms with Crippen LogP contribution in [0.4, 0.5) is 14.9 Å². The van der Waals surface area contributed by atoms with Gasteiger partial charge >= 0.3 is 6.09 Å². The molecule has 6 nitrogen and oxygen atoms in total. The highest BCUT2D eigenvalue weighted by Crippen LogP contribution is 2.29. The van der Waals surface area contributed by atoms with E-state index >= 15 is 0 Å². The summed E-state index contributed by atoms with van der Waals surface area (Å²) in [5, 5.41) is 2.63. The van der Waals surface area contributed by atoms with E-state index in [2.05, 4.69) is 33.9 Å². The molecule has 1 heterocycles. The number of nitrogens with one attached hydrogen (secondary N) is 1. The van der Waals surface area contributed by atoms with Crippen LogP contribution in [-0.4, -0.2) is 49.2 Å². The van der Waals surface area contributed by atoms with E-state index in [9.17, 15) is 14.0 Å². The number of rotatable bonds is 8. The molecule has 0 aromatic heterocycles. The summed E-state index contributed by atoms with van der Waals surface area (Å²) >= 11 is 0. The van der Waals surface area contributed by atoms with E-state index in [4.69, 9.17) is 4.74 Å². The highest BCUT2D eigenvalue weighted by molar-refractivity contribution is 5.90. The van der Waals surface area contributed by atoms with Gasteiger partial charge in [0.15, 0.2) is 0 Å². The molecule has 0 spiro atoms. The number of benzene rings is 2. The average Bonchev–Trinajstić information content (AvgIpc) is 3.20. The second kappa shape index (κ2) is 11.9. The highest BCUT2D eigenvalue weighted by atomic mass is 19.1. The van der Waals surface area contributed by atoms with Crippen molar-refractivity contribution < 1.29 is 18.7 Å². The molecule has 2 aromatic rings. The number of hydrogen-bond acceptors (Lipinski definition) is 4. The Balaban J connectivity index is 1.69. The fourth-order valence-corrected chi connectivity index (χ4v) is 3.60. The number of carbonyl (C=O) groups is 2. The van der Waals surface area contributed by atoms with Gasteiger partial charge in [0.25, 0.3) is 0 Å². The van der Waals surface area contributed by atoms with Crippen LogP contribution in [0.15, 0.2) is 42.5 Å². The summed E-state index contributed by atoms with van der Waals surface area (Å²) in [6.07, 6.45) is -1.03. The second-order valence-electron chi connectivity index (χ2n) is 7.91. The van der Waals surface area contributed by atoms with E-state index < -0.39 is 18.0 Å². The highest BCUT2D eigenvalue weighted by Gasteiger charge is 2.32. The van der Waals surface area contributed by atoms with Gasteiger partial charge in [0.1, 0.15) is 11.9 Å². The predicted molar refractivity (Wildman–Crippen MR) is 130 cm³/mol.